The summed E-state index contributed by atoms with van der Waals surface area (Å²) < 4.78 is 18.3. The first-order valence-corrected chi connectivity index (χ1v) is 7.04. The van der Waals surface area contributed by atoms with Crippen LogP contribution < -0.4 is 5.32 Å². The summed E-state index contributed by atoms with van der Waals surface area (Å²) in [5, 5.41) is 2.93. The van der Waals surface area contributed by atoms with Crippen LogP contribution in [0.25, 0.3) is 0 Å². The van der Waals surface area contributed by atoms with Gasteiger partial charge in [-0.15, -0.1) is 0 Å². The molecule has 0 spiro atoms. The van der Waals surface area contributed by atoms with Gasteiger partial charge >= 0.3 is 5.97 Å². The number of ether oxygens (including phenoxy) is 1. The predicted octanol–water partition coefficient (Wildman–Crippen LogP) is 1.43. The first kappa shape index (κ1) is 15.4. The predicted molar refractivity (Wildman–Crippen MR) is 74.6 cm³/mol. The molecule has 114 valence electrons. The standard InChI is InChI=1S/C15H19FN2O3/c1-2-3-15(20)21-14-9-17-8-13(19)18(14)10-11-4-6-12(16)7-5-11/h4-7,14,17H,2-3,8-10H2,1H3. The lowest BCUT2D eigenvalue weighted by Crippen LogP contribution is -2.55. The molecule has 1 fully saturated rings. The summed E-state index contributed by atoms with van der Waals surface area (Å²) in [5.41, 5.74) is 0.795. The van der Waals surface area contributed by atoms with Crippen molar-refractivity contribution in [1.29, 1.82) is 0 Å². The van der Waals surface area contributed by atoms with Gasteiger partial charge in [-0.1, -0.05) is 19.1 Å². The Labute approximate surface area is 123 Å². The van der Waals surface area contributed by atoms with Gasteiger partial charge in [0.25, 0.3) is 0 Å². The van der Waals surface area contributed by atoms with Gasteiger partial charge in [0.05, 0.1) is 13.1 Å². The van der Waals surface area contributed by atoms with Crippen LogP contribution in [0.4, 0.5) is 4.39 Å². The molecule has 1 aliphatic heterocycles. The Morgan fingerprint density at radius 3 is 2.81 bits per heavy atom. The van der Waals surface area contributed by atoms with Crippen LogP contribution in [-0.4, -0.2) is 36.1 Å². The Morgan fingerprint density at radius 1 is 1.43 bits per heavy atom. The number of hydrogen-bond acceptors (Lipinski definition) is 4. The van der Waals surface area contributed by atoms with E-state index < -0.39 is 6.23 Å². The van der Waals surface area contributed by atoms with Crippen LogP contribution in [0.15, 0.2) is 24.3 Å². The summed E-state index contributed by atoms with van der Waals surface area (Å²) in [4.78, 5) is 25.1. The second-order valence-corrected chi connectivity index (χ2v) is 4.97. The molecular formula is C15H19FN2O3. The van der Waals surface area contributed by atoms with E-state index in [1.807, 2.05) is 6.92 Å². The van der Waals surface area contributed by atoms with Crippen LogP contribution in [0.2, 0.25) is 0 Å². The van der Waals surface area contributed by atoms with Gasteiger partial charge in [0.15, 0.2) is 6.23 Å². The average molecular weight is 294 g/mol. The number of rotatable bonds is 5. The minimum atomic E-state index is -0.615. The first-order chi connectivity index (χ1) is 10.1. The molecular weight excluding hydrogens is 275 g/mol. The van der Waals surface area contributed by atoms with E-state index >= 15 is 0 Å². The maximum Gasteiger partial charge on any atom is 0.307 e. The van der Waals surface area contributed by atoms with Crippen molar-refractivity contribution in [3.8, 4) is 0 Å². The number of halogens is 1. The summed E-state index contributed by atoms with van der Waals surface area (Å²) in [5.74, 6) is -0.778. The van der Waals surface area contributed by atoms with E-state index in [2.05, 4.69) is 5.32 Å². The largest absolute Gasteiger partial charge is 0.440 e. The van der Waals surface area contributed by atoms with Crippen LogP contribution in [0.5, 0.6) is 0 Å². The van der Waals surface area contributed by atoms with E-state index in [4.69, 9.17) is 4.74 Å². The SMILES string of the molecule is CCCC(=O)OC1CNCC(=O)N1Cc1ccc(F)cc1. The van der Waals surface area contributed by atoms with Crippen molar-refractivity contribution < 1.29 is 18.7 Å². The van der Waals surface area contributed by atoms with Crippen molar-refractivity contribution in [3.05, 3.63) is 35.6 Å². The molecule has 1 heterocycles. The molecule has 1 aromatic carbocycles. The maximum absolute atomic E-state index is 12.9. The van der Waals surface area contributed by atoms with Crippen molar-refractivity contribution >= 4 is 11.9 Å². The zero-order chi connectivity index (χ0) is 15.2. The van der Waals surface area contributed by atoms with Crippen molar-refractivity contribution in [2.75, 3.05) is 13.1 Å². The van der Waals surface area contributed by atoms with Gasteiger partial charge in [-0.2, -0.15) is 0 Å². The van der Waals surface area contributed by atoms with E-state index in [9.17, 15) is 14.0 Å². The zero-order valence-electron chi connectivity index (χ0n) is 12.0. The smallest absolute Gasteiger partial charge is 0.307 e. The molecule has 1 aromatic rings. The fourth-order valence-electron chi connectivity index (χ4n) is 2.17. The van der Waals surface area contributed by atoms with Gasteiger partial charge in [-0.3, -0.25) is 9.59 Å². The number of esters is 1. The summed E-state index contributed by atoms with van der Waals surface area (Å²) in [6, 6.07) is 5.94. The van der Waals surface area contributed by atoms with Crippen LogP contribution in [0.1, 0.15) is 25.3 Å². The number of nitrogens with zero attached hydrogens (tertiary/aromatic N) is 1. The van der Waals surface area contributed by atoms with Crippen molar-refractivity contribution in [1.82, 2.24) is 10.2 Å². The fraction of sp³-hybridized carbons (Fsp3) is 0.467. The number of carbonyl (C=O) groups excluding carboxylic acids is 2. The highest BCUT2D eigenvalue weighted by Crippen LogP contribution is 2.14. The average Bonchev–Trinajstić information content (AvgIpc) is 2.45. The lowest BCUT2D eigenvalue weighted by molar-refractivity contribution is -0.168. The summed E-state index contributed by atoms with van der Waals surface area (Å²) in [6.07, 6.45) is 0.412. The second kappa shape index (κ2) is 7.17. The molecule has 0 saturated carbocycles. The molecule has 5 nitrogen and oxygen atoms in total. The molecule has 0 aromatic heterocycles. The van der Waals surface area contributed by atoms with E-state index in [-0.39, 0.29) is 24.2 Å². The molecule has 6 heteroatoms. The van der Waals surface area contributed by atoms with Crippen LogP contribution in [-0.2, 0) is 20.9 Å². The number of carbonyl (C=O) groups is 2. The number of benzene rings is 1. The molecule has 1 unspecified atom stereocenters. The molecule has 0 radical (unpaired) electrons. The number of piperazine rings is 1. The molecule has 1 amide bonds. The lowest BCUT2D eigenvalue weighted by Gasteiger charge is -2.35. The van der Waals surface area contributed by atoms with Gasteiger partial charge in [0.1, 0.15) is 5.82 Å². The molecule has 0 bridgehead atoms. The topological polar surface area (TPSA) is 58.6 Å². The molecule has 21 heavy (non-hydrogen) atoms. The highest BCUT2D eigenvalue weighted by atomic mass is 19.1. The van der Waals surface area contributed by atoms with Crippen molar-refractivity contribution in [2.24, 2.45) is 0 Å². The Morgan fingerprint density at radius 2 is 2.14 bits per heavy atom. The second-order valence-electron chi connectivity index (χ2n) is 4.97. The van der Waals surface area contributed by atoms with Gasteiger partial charge < -0.3 is 15.0 Å². The highest BCUT2D eigenvalue weighted by molar-refractivity contribution is 5.79. The minimum absolute atomic E-state index is 0.139. The molecule has 1 saturated heterocycles. The third kappa shape index (κ3) is 4.26. The Kier molecular flexibility index (Phi) is 5.27. The fourth-order valence-corrected chi connectivity index (χ4v) is 2.17. The number of nitrogens with one attached hydrogen (secondary N) is 1. The summed E-state index contributed by atoms with van der Waals surface area (Å²) in [6.45, 7) is 2.80. The molecule has 1 atom stereocenters. The molecule has 1 aliphatic rings. The van der Waals surface area contributed by atoms with E-state index in [1.54, 1.807) is 12.1 Å². The van der Waals surface area contributed by atoms with Gasteiger partial charge in [-0.05, 0) is 24.1 Å². The van der Waals surface area contributed by atoms with Crippen LogP contribution in [0, 0.1) is 5.82 Å². The Bertz CT molecular complexity index is 504. The third-order valence-corrected chi connectivity index (χ3v) is 3.25. The quantitative estimate of drug-likeness (QED) is 0.835. The number of hydrogen-bond donors (Lipinski definition) is 1. The molecule has 0 aliphatic carbocycles. The normalized spacial score (nSPS) is 18.7. The Balaban J connectivity index is 2.05. The monoisotopic (exact) mass is 294 g/mol. The van der Waals surface area contributed by atoms with E-state index in [0.717, 1.165) is 5.56 Å². The van der Waals surface area contributed by atoms with E-state index in [1.165, 1.54) is 17.0 Å². The van der Waals surface area contributed by atoms with Crippen molar-refractivity contribution in [2.45, 2.75) is 32.5 Å². The van der Waals surface area contributed by atoms with E-state index in [0.29, 0.717) is 25.9 Å². The zero-order valence-corrected chi connectivity index (χ0v) is 12.0. The third-order valence-electron chi connectivity index (χ3n) is 3.25. The highest BCUT2D eigenvalue weighted by Gasteiger charge is 2.30. The van der Waals surface area contributed by atoms with Crippen LogP contribution >= 0.6 is 0 Å². The summed E-state index contributed by atoms with van der Waals surface area (Å²) >= 11 is 0. The first-order valence-electron chi connectivity index (χ1n) is 7.04. The molecule has 1 N–H and O–H groups in total. The maximum atomic E-state index is 12.9. The molecule has 2 rings (SSSR count). The number of amides is 1. The minimum Gasteiger partial charge on any atom is -0.440 e. The Hall–Kier alpha value is -1.95. The van der Waals surface area contributed by atoms with Gasteiger partial charge in [-0.25, -0.2) is 4.39 Å². The van der Waals surface area contributed by atoms with Gasteiger partial charge in [0, 0.05) is 13.0 Å². The van der Waals surface area contributed by atoms with Gasteiger partial charge in [0.2, 0.25) is 5.91 Å². The lowest BCUT2D eigenvalue weighted by atomic mass is 10.2. The van der Waals surface area contributed by atoms with Crippen molar-refractivity contribution in [3.63, 3.8) is 0 Å². The summed E-state index contributed by atoms with van der Waals surface area (Å²) in [7, 11) is 0. The van der Waals surface area contributed by atoms with Crippen LogP contribution in [0.3, 0.4) is 0 Å².